The van der Waals surface area contributed by atoms with Gasteiger partial charge in [-0.2, -0.15) is 0 Å². The van der Waals surface area contributed by atoms with E-state index in [1.807, 2.05) is 19.1 Å². The van der Waals surface area contributed by atoms with Crippen molar-refractivity contribution in [3.8, 4) is 0 Å². The lowest BCUT2D eigenvalue weighted by molar-refractivity contribution is 0.0313. The van der Waals surface area contributed by atoms with Gasteiger partial charge in [-0.1, -0.05) is 23.7 Å². The van der Waals surface area contributed by atoms with Gasteiger partial charge in [-0.3, -0.25) is 4.79 Å². The molecule has 4 heteroatoms. The first-order valence-corrected chi connectivity index (χ1v) is 7.16. The fourth-order valence-corrected chi connectivity index (χ4v) is 2.37. The Hall–Kier alpha value is -0.900. The Balaban J connectivity index is 1.78. The van der Waals surface area contributed by atoms with Crippen molar-refractivity contribution in [2.45, 2.75) is 32.3 Å². The van der Waals surface area contributed by atoms with Gasteiger partial charge in [0.05, 0.1) is 12.7 Å². The van der Waals surface area contributed by atoms with E-state index in [1.165, 1.54) is 0 Å². The lowest BCUT2D eigenvalue weighted by Gasteiger charge is -2.22. The number of ether oxygens (including phenoxy) is 1. The molecule has 19 heavy (non-hydrogen) atoms. The predicted octanol–water partition coefficient (Wildman–Crippen LogP) is 2.99. The molecule has 1 heterocycles. The van der Waals surface area contributed by atoms with Crippen LogP contribution in [0.2, 0.25) is 5.02 Å². The molecular weight excluding hydrogens is 262 g/mol. The van der Waals surface area contributed by atoms with E-state index >= 15 is 0 Å². The Morgan fingerprint density at radius 2 is 2.16 bits per heavy atom. The van der Waals surface area contributed by atoms with Gasteiger partial charge in [-0.15, -0.1) is 0 Å². The van der Waals surface area contributed by atoms with Crippen molar-refractivity contribution in [3.63, 3.8) is 0 Å². The van der Waals surface area contributed by atoms with Gasteiger partial charge in [-0.05, 0) is 44.5 Å². The van der Waals surface area contributed by atoms with Crippen LogP contribution in [0.1, 0.15) is 35.2 Å². The summed E-state index contributed by atoms with van der Waals surface area (Å²) in [6.07, 6.45) is 2.79. The summed E-state index contributed by atoms with van der Waals surface area (Å²) < 4.78 is 5.74. The Morgan fingerprint density at radius 1 is 1.42 bits per heavy atom. The summed E-state index contributed by atoms with van der Waals surface area (Å²) in [5, 5.41) is 3.93. The maximum absolute atomic E-state index is 12.0. The van der Waals surface area contributed by atoms with Crippen molar-refractivity contribution in [1.29, 1.82) is 0 Å². The molecule has 1 saturated heterocycles. The van der Waals surface area contributed by atoms with Gasteiger partial charge in [0.25, 0.3) is 0 Å². The molecule has 0 atom stereocenters. The molecule has 0 bridgehead atoms. The Morgan fingerprint density at radius 3 is 2.84 bits per heavy atom. The van der Waals surface area contributed by atoms with Crippen molar-refractivity contribution < 1.29 is 9.53 Å². The number of ketones is 1. The van der Waals surface area contributed by atoms with Crippen LogP contribution in [0, 0.1) is 6.92 Å². The number of hydrogen-bond acceptors (Lipinski definition) is 3. The summed E-state index contributed by atoms with van der Waals surface area (Å²) in [6.45, 7) is 4.43. The van der Waals surface area contributed by atoms with Crippen LogP contribution in [0.15, 0.2) is 18.2 Å². The SMILES string of the molecule is Cc1ccc(C(=O)CCOC2CCNCC2)cc1Cl. The summed E-state index contributed by atoms with van der Waals surface area (Å²) in [5.41, 5.74) is 1.66. The van der Waals surface area contributed by atoms with E-state index in [2.05, 4.69) is 5.32 Å². The van der Waals surface area contributed by atoms with Gasteiger partial charge in [0.1, 0.15) is 0 Å². The third kappa shape index (κ3) is 4.30. The standard InChI is InChI=1S/C15H20ClNO2/c1-11-2-3-12(10-14(11)16)15(18)6-9-19-13-4-7-17-8-5-13/h2-3,10,13,17H,4-9H2,1H3. The molecule has 1 aromatic carbocycles. The van der Waals surface area contributed by atoms with E-state index < -0.39 is 0 Å². The van der Waals surface area contributed by atoms with Crippen molar-refractivity contribution >= 4 is 17.4 Å². The number of Topliss-reactive ketones (excluding diaryl/α,β-unsaturated/α-hetero) is 1. The highest BCUT2D eigenvalue weighted by molar-refractivity contribution is 6.31. The molecule has 1 fully saturated rings. The molecule has 0 amide bonds. The number of aryl methyl sites for hydroxylation is 1. The normalized spacial score (nSPS) is 16.5. The zero-order valence-electron chi connectivity index (χ0n) is 11.2. The van der Waals surface area contributed by atoms with Crippen molar-refractivity contribution in [2.75, 3.05) is 19.7 Å². The van der Waals surface area contributed by atoms with Gasteiger partial charge in [0, 0.05) is 17.0 Å². The highest BCUT2D eigenvalue weighted by atomic mass is 35.5. The maximum atomic E-state index is 12.0. The van der Waals surface area contributed by atoms with E-state index in [4.69, 9.17) is 16.3 Å². The Bertz CT molecular complexity index is 442. The van der Waals surface area contributed by atoms with Gasteiger partial charge >= 0.3 is 0 Å². The summed E-state index contributed by atoms with van der Waals surface area (Å²) in [6, 6.07) is 5.45. The molecular formula is C15H20ClNO2. The first kappa shape index (κ1) is 14.5. The first-order chi connectivity index (χ1) is 9.16. The minimum atomic E-state index is 0.0934. The zero-order chi connectivity index (χ0) is 13.7. The van der Waals surface area contributed by atoms with Crippen LogP contribution in [0.4, 0.5) is 0 Å². The first-order valence-electron chi connectivity index (χ1n) is 6.78. The van der Waals surface area contributed by atoms with Crippen LogP contribution in [0.3, 0.4) is 0 Å². The molecule has 1 aliphatic heterocycles. The van der Waals surface area contributed by atoms with Gasteiger partial charge in [-0.25, -0.2) is 0 Å². The number of hydrogen-bond donors (Lipinski definition) is 1. The van der Waals surface area contributed by atoms with Crippen LogP contribution in [0.25, 0.3) is 0 Å². The average Bonchev–Trinajstić information content (AvgIpc) is 2.43. The number of halogens is 1. The fourth-order valence-electron chi connectivity index (χ4n) is 2.19. The van der Waals surface area contributed by atoms with Crippen LogP contribution in [-0.4, -0.2) is 31.6 Å². The fraction of sp³-hybridized carbons (Fsp3) is 0.533. The number of carbonyl (C=O) groups is 1. The van der Waals surface area contributed by atoms with E-state index in [-0.39, 0.29) is 5.78 Å². The lowest BCUT2D eigenvalue weighted by Crippen LogP contribution is -2.32. The largest absolute Gasteiger partial charge is 0.378 e. The third-order valence-corrected chi connectivity index (χ3v) is 3.87. The summed E-state index contributed by atoms with van der Waals surface area (Å²) in [7, 11) is 0. The second kappa shape index (κ2) is 7.04. The average molecular weight is 282 g/mol. The van der Waals surface area contributed by atoms with Crippen molar-refractivity contribution in [1.82, 2.24) is 5.32 Å². The molecule has 0 radical (unpaired) electrons. The summed E-state index contributed by atoms with van der Waals surface area (Å²) in [4.78, 5) is 12.0. The Kier molecular flexibility index (Phi) is 5.37. The van der Waals surface area contributed by atoms with Gasteiger partial charge < -0.3 is 10.1 Å². The van der Waals surface area contributed by atoms with Crippen molar-refractivity contribution in [3.05, 3.63) is 34.3 Å². The van der Waals surface area contributed by atoms with E-state index in [1.54, 1.807) is 6.07 Å². The molecule has 1 N–H and O–H groups in total. The number of nitrogens with one attached hydrogen (secondary N) is 1. The van der Waals surface area contributed by atoms with Crippen LogP contribution < -0.4 is 5.32 Å². The smallest absolute Gasteiger partial charge is 0.165 e. The minimum Gasteiger partial charge on any atom is -0.378 e. The molecule has 1 aliphatic rings. The summed E-state index contributed by atoms with van der Waals surface area (Å²) in [5.74, 6) is 0.0934. The summed E-state index contributed by atoms with van der Waals surface area (Å²) >= 11 is 6.02. The quantitative estimate of drug-likeness (QED) is 0.843. The van der Waals surface area contributed by atoms with E-state index in [0.717, 1.165) is 31.5 Å². The number of carbonyl (C=O) groups excluding carboxylic acids is 1. The second-order valence-electron chi connectivity index (χ2n) is 4.96. The molecule has 0 unspecified atom stereocenters. The highest BCUT2D eigenvalue weighted by Gasteiger charge is 2.14. The monoisotopic (exact) mass is 281 g/mol. The predicted molar refractivity (Wildman–Crippen MR) is 77.0 cm³/mol. The second-order valence-corrected chi connectivity index (χ2v) is 5.36. The van der Waals surface area contributed by atoms with Crippen LogP contribution >= 0.6 is 11.6 Å². The Labute approximate surface area is 119 Å². The molecule has 104 valence electrons. The minimum absolute atomic E-state index is 0.0934. The van der Waals surface area contributed by atoms with Gasteiger partial charge in [0.2, 0.25) is 0 Å². The molecule has 0 aromatic heterocycles. The van der Waals surface area contributed by atoms with Crippen LogP contribution in [0.5, 0.6) is 0 Å². The van der Waals surface area contributed by atoms with E-state index in [0.29, 0.717) is 29.7 Å². The molecule has 0 saturated carbocycles. The molecule has 0 spiro atoms. The molecule has 3 nitrogen and oxygen atoms in total. The molecule has 0 aliphatic carbocycles. The van der Waals surface area contributed by atoms with Gasteiger partial charge in [0.15, 0.2) is 5.78 Å². The number of rotatable bonds is 5. The third-order valence-electron chi connectivity index (χ3n) is 3.46. The number of benzene rings is 1. The number of piperidine rings is 1. The van der Waals surface area contributed by atoms with E-state index in [9.17, 15) is 4.79 Å². The lowest BCUT2D eigenvalue weighted by atomic mass is 10.1. The maximum Gasteiger partial charge on any atom is 0.165 e. The topological polar surface area (TPSA) is 38.3 Å². The highest BCUT2D eigenvalue weighted by Crippen LogP contribution is 2.18. The zero-order valence-corrected chi connectivity index (χ0v) is 12.0. The van der Waals surface area contributed by atoms with Crippen LogP contribution in [-0.2, 0) is 4.74 Å². The van der Waals surface area contributed by atoms with Crippen molar-refractivity contribution in [2.24, 2.45) is 0 Å². The molecule has 2 rings (SSSR count). The molecule has 1 aromatic rings.